The standard InChI is InChI=1S/C9H18N4/c1-5-7-8(6-12(2)3)11-13(4)9(7)10/h5-6,10H2,1-4H3. The molecule has 4 nitrogen and oxygen atoms in total. The zero-order valence-electron chi connectivity index (χ0n) is 8.83. The Bertz CT molecular complexity index is 288. The molecule has 0 saturated heterocycles. The second kappa shape index (κ2) is 3.79. The first-order valence-electron chi connectivity index (χ1n) is 4.51. The first-order valence-corrected chi connectivity index (χ1v) is 4.51. The molecule has 0 aliphatic carbocycles. The summed E-state index contributed by atoms with van der Waals surface area (Å²) < 4.78 is 1.75. The third-order valence-corrected chi connectivity index (χ3v) is 2.10. The highest BCUT2D eigenvalue weighted by Gasteiger charge is 2.11. The molecule has 2 N–H and O–H groups in total. The molecule has 0 unspecified atom stereocenters. The van der Waals surface area contributed by atoms with Crippen LogP contribution in [-0.4, -0.2) is 28.8 Å². The number of nitrogens with two attached hydrogens (primary N) is 1. The summed E-state index contributed by atoms with van der Waals surface area (Å²) in [7, 11) is 5.95. The Balaban J connectivity index is 2.99. The van der Waals surface area contributed by atoms with E-state index in [1.165, 1.54) is 5.56 Å². The topological polar surface area (TPSA) is 47.1 Å². The zero-order valence-corrected chi connectivity index (χ0v) is 8.83. The predicted octanol–water partition coefficient (Wildman–Crippen LogP) is 0.626. The van der Waals surface area contributed by atoms with Gasteiger partial charge in [-0.2, -0.15) is 5.10 Å². The summed E-state index contributed by atoms with van der Waals surface area (Å²) in [6, 6.07) is 0. The summed E-state index contributed by atoms with van der Waals surface area (Å²) in [4.78, 5) is 2.10. The van der Waals surface area contributed by atoms with Crippen LogP contribution in [0, 0.1) is 0 Å². The van der Waals surface area contributed by atoms with Gasteiger partial charge in [-0.3, -0.25) is 4.68 Å². The zero-order chi connectivity index (χ0) is 10.0. The van der Waals surface area contributed by atoms with Gasteiger partial charge in [-0.25, -0.2) is 0 Å². The highest BCUT2D eigenvalue weighted by atomic mass is 15.3. The predicted molar refractivity (Wildman–Crippen MR) is 54.4 cm³/mol. The lowest BCUT2D eigenvalue weighted by molar-refractivity contribution is 0.393. The largest absolute Gasteiger partial charge is 0.384 e. The lowest BCUT2D eigenvalue weighted by atomic mass is 10.2. The maximum absolute atomic E-state index is 5.87. The quantitative estimate of drug-likeness (QED) is 0.745. The minimum absolute atomic E-state index is 0.791. The van der Waals surface area contributed by atoms with Crippen molar-refractivity contribution in [1.82, 2.24) is 14.7 Å². The van der Waals surface area contributed by atoms with Crippen LogP contribution in [0.25, 0.3) is 0 Å². The van der Waals surface area contributed by atoms with E-state index in [1.54, 1.807) is 4.68 Å². The first-order chi connectivity index (χ1) is 6.06. The third kappa shape index (κ3) is 2.01. The Labute approximate surface area is 79.3 Å². The van der Waals surface area contributed by atoms with E-state index in [4.69, 9.17) is 5.73 Å². The molecule has 0 spiro atoms. The molecule has 0 fully saturated rings. The monoisotopic (exact) mass is 182 g/mol. The summed E-state index contributed by atoms with van der Waals surface area (Å²) >= 11 is 0. The van der Waals surface area contributed by atoms with Crippen molar-refractivity contribution < 1.29 is 0 Å². The van der Waals surface area contributed by atoms with Crippen molar-refractivity contribution >= 4 is 5.82 Å². The molecule has 0 bridgehead atoms. The Morgan fingerprint density at radius 3 is 2.54 bits per heavy atom. The fourth-order valence-corrected chi connectivity index (χ4v) is 1.45. The Hall–Kier alpha value is -1.03. The van der Waals surface area contributed by atoms with Crippen LogP contribution in [0.15, 0.2) is 0 Å². The van der Waals surface area contributed by atoms with Gasteiger partial charge in [0, 0.05) is 19.2 Å². The Kier molecular flexibility index (Phi) is 2.93. The molecule has 13 heavy (non-hydrogen) atoms. The second-order valence-electron chi connectivity index (χ2n) is 3.53. The van der Waals surface area contributed by atoms with Gasteiger partial charge in [0.05, 0.1) is 5.69 Å². The van der Waals surface area contributed by atoms with Crippen LogP contribution in [0.4, 0.5) is 5.82 Å². The van der Waals surface area contributed by atoms with Crippen LogP contribution in [0.1, 0.15) is 18.2 Å². The fraction of sp³-hybridized carbons (Fsp3) is 0.667. The molecule has 0 atom stereocenters. The van der Waals surface area contributed by atoms with Crippen molar-refractivity contribution in [2.45, 2.75) is 19.9 Å². The van der Waals surface area contributed by atoms with Crippen LogP contribution in [-0.2, 0) is 20.0 Å². The van der Waals surface area contributed by atoms with Crippen molar-refractivity contribution in [2.75, 3.05) is 19.8 Å². The lowest BCUT2D eigenvalue weighted by Crippen LogP contribution is -2.12. The molecule has 1 heterocycles. The van der Waals surface area contributed by atoms with Crippen molar-refractivity contribution in [1.29, 1.82) is 0 Å². The summed E-state index contributed by atoms with van der Waals surface area (Å²) in [5.74, 6) is 0.791. The van der Waals surface area contributed by atoms with Crippen LogP contribution < -0.4 is 5.73 Å². The van der Waals surface area contributed by atoms with Gasteiger partial charge in [-0.05, 0) is 20.5 Å². The molecular weight excluding hydrogens is 164 g/mol. The Morgan fingerprint density at radius 1 is 1.46 bits per heavy atom. The maximum atomic E-state index is 5.87. The molecule has 0 aliphatic rings. The summed E-state index contributed by atoms with van der Waals surface area (Å²) in [6.45, 7) is 2.96. The van der Waals surface area contributed by atoms with Crippen LogP contribution in [0.3, 0.4) is 0 Å². The van der Waals surface area contributed by atoms with Crippen molar-refractivity contribution in [3.05, 3.63) is 11.3 Å². The van der Waals surface area contributed by atoms with Crippen LogP contribution in [0.2, 0.25) is 0 Å². The van der Waals surface area contributed by atoms with Crippen molar-refractivity contribution in [3.8, 4) is 0 Å². The molecule has 0 saturated carbocycles. The summed E-state index contributed by atoms with van der Waals surface area (Å²) in [5, 5.41) is 4.37. The van der Waals surface area contributed by atoms with Gasteiger partial charge < -0.3 is 10.6 Å². The number of aryl methyl sites for hydroxylation is 1. The van der Waals surface area contributed by atoms with Gasteiger partial charge in [-0.1, -0.05) is 6.92 Å². The average Bonchev–Trinajstić information content (AvgIpc) is 2.27. The smallest absolute Gasteiger partial charge is 0.124 e. The van der Waals surface area contributed by atoms with Gasteiger partial charge >= 0.3 is 0 Å². The molecule has 0 aliphatic heterocycles. The highest BCUT2D eigenvalue weighted by molar-refractivity contribution is 5.43. The van der Waals surface area contributed by atoms with E-state index in [0.717, 1.165) is 24.5 Å². The summed E-state index contributed by atoms with van der Waals surface area (Å²) in [6.07, 6.45) is 0.947. The second-order valence-corrected chi connectivity index (χ2v) is 3.53. The van der Waals surface area contributed by atoms with E-state index in [2.05, 4.69) is 16.9 Å². The molecule has 1 aromatic heterocycles. The normalized spacial score (nSPS) is 11.2. The maximum Gasteiger partial charge on any atom is 0.124 e. The molecular formula is C9H18N4. The minimum atomic E-state index is 0.791. The van der Waals surface area contributed by atoms with Crippen molar-refractivity contribution in [3.63, 3.8) is 0 Å². The van der Waals surface area contributed by atoms with Gasteiger partial charge in [0.15, 0.2) is 0 Å². The number of rotatable bonds is 3. The van der Waals surface area contributed by atoms with Crippen LogP contribution in [0.5, 0.6) is 0 Å². The number of hydrogen-bond acceptors (Lipinski definition) is 3. The molecule has 0 amide bonds. The number of aromatic nitrogens is 2. The van der Waals surface area contributed by atoms with E-state index in [0.29, 0.717) is 0 Å². The lowest BCUT2D eigenvalue weighted by Gasteiger charge is -2.07. The van der Waals surface area contributed by atoms with Gasteiger partial charge in [0.2, 0.25) is 0 Å². The van der Waals surface area contributed by atoms with E-state index in [1.807, 2.05) is 21.1 Å². The van der Waals surface area contributed by atoms with Crippen molar-refractivity contribution in [2.24, 2.45) is 7.05 Å². The van der Waals surface area contributed by atoms with Crippen LogP contribution >= 0.6 is 0 Å². The molecule has 1 aromatic rings. The SMILES string of the molecule is CCc1c(CN(C)C)nn(C)c1N. The third-order valence-electron chi connectivity index (χ3n) is 2.10. The van der Waals surface area contributed by atoms with E-state index < -0.39 is 0 Å². The molecule has 0 radical (unpaired) electrons. The number of nitrogen functional groups attached to an aromatic ring is 1. The average molecular weight is 182 g/mol. The number of anilines is 1. The molecule has 74 valence electrons. The molecule has 1 rings (SSSR count). The summed E-state index contributed by atoms with van der Waals surface area (Å²) in [5.41, 5.74) is 8.14. The minimum Gasteiger partial charge on any atom is -0.384 e. The van der Waals surface area contributed by atoms with E-state index in [-0.39, 0.29) is 0 Å². The Morgan fingerprint density at radius 2 is 2.08 bits per heavy atom. The van der Waals surface area contributed by atoms with Gasteiger partial charge in [0.1, 0.15) is 5.82 Å². The fourth-order valence-electron chi connectivity index (χ4n) is 1.45. The number of hydrogen-bond donors (Lipinski definition) is 1. The van der Waals surface area contributed by atoms with E-state index >= 15 is 0 Å². The molecule has 4 heteroatoms. The van der Waals surface area contributed by atoms with Gasteiger partial charge in [0.25, 0.3) is 0 Å². The first kappa shape index (κ1) is 10.1. The highest BCUT2D eigenvalue weighted by Crippen LogP contribution is 2.17. The number of nitrogens with zero attached hydrogens (tertiary/aromatic N) is 3. The van der Waals surface area contributed by atoms with E-state index in [9.17, 15) is 0 Å². The van der Waals surface area contributed by atoms with Gasteiger partial charge in [-0.15, -0.1) is 0 Å². The molecule has 0 aromatic carbocycles.